The average Bonchev–Trinajstić information content (AvgIpc) is 2.40. The molecule has 0 saturated carbocycles. The molecule has 0 atom stereocenters. The SMILES string of the molecule is Cc1ccc(-c2nc(NN)cc(C(C)(C)C)n2)cc1Br. The van der Waals surface area contributed by atoms with Crippen molar-refractivity contribution in [2.45, 2.75) is 33.1 Å². The second-order valence-corrected chi connectivity index (χ2v) is 6.67. The van der Waals surface area contributed by atoms with Crippen molar-refractivity contribution in [2.75, 3.05) is 5.43 Å². The van der Waals surface area contributed by atoms with Gasteiger partial charge in [0.1, 0.15) is 5.82 Å². The Morgan fingerprint density at radius 2 is 1.85 bits per heavy atom. The van der Waals surface area contributed by atoms with Crippen LogP contribution >= 0.6 is 15.9 Å². The van der Waals surface area contributed by atoms with E-state index in [4.69, 9.17) is 5.84 Å². The highest BCUT2D eigenvalue weighted by molar-refractivity contribution is 9.10. The number of hydrogen-bond donors (Lipinski definition) is 2. The Labute approximate surface area is 127 Å². The molecule has 2 rings (SSSR count). The molecule has 5 heteroatoms. The summed E-state index contributed by atoms with van der Waals surface area (Å²) < 4.78 is 1.04. The predicted octanol–water partition coefficient (Wildman–Crippen LogP) is 3.80. The Morgan fingerprint density at radius 1 is 1.15 bits per heavy atom. The Hall–Kier alpha value is -1.46. The molecule has 20 heavy (non-hydrogen) atoms. The molecule has 0 unspecified atom stereocenters. The Balaban J connectivity index is 2.58. The van der Waals surface area contributed by atoms with Crippen LogP contribution in [-0.4, -0.2) is 9.97 Å². The first-order valence-electron chi connectivity index (χ1n) is 6.44. The largest absolute Gasteiger partial charge is 0.308 e. The van der Waals surface area contributed by atoms with Crippen molar-refractivity contribution in [1.29, 1.82) is 0 Å². The molecule has 0 fully saturated rings. The summed E-state index contributed by atoms with van der Waals surface area (Å²) in [5.41, 5.74) is 5.64. The van der Waals surface area contributed by atoms with E-state index in [1.165, 1.54) is 5.56 Å². The minimum atomic E-state index is -0.0643. The quantitative estimate of drug-likeness (QED) is 0.647. The van der Waals surface area contributed by atoms with E-state index in [1.54, 1.807) is 0 Å². The van der Waals surface area contributed by atoms with E-state index in [1.807, 2.05) is 31.2 Å². The molecule has 0 aliphatic carbocycles. The maximum absolute atomic E-state index is 5.51. The molecule has 0 aliphatic heterocycles. The number of benzene rings is 1. The van der Waals surface area contributed by atoms with Gasteiger partial charge in [0.2, 0.25) is 0 Å². The van der Waals surface area contributed by atoms with Crippen molar-refractivity contribution in [3.8, 4) is 11.4 Å². The third-order valence-corrected chi connectivity index (χ3v) is 3.93. The summed E-state index contributed by atoms with van der Waals surface area (Å²) in [5, 5.41) is 0. The fourth-order valence-corrected chi connectivity index (χ4v) is 2.15. The number of hydrogen-bond acceptors (Lipinski definition) is 4. The van der Waals surface area contributed by atoms with Crippen LogP contribution < -0.4 is 11.3 Å². The number of aromatic nitrogens is 2. The maximum atomic E-state index is 5.51. The summed E-state index contributed by atoms with van der Waals surface area (Å²) in [5.74, 6) is 6.81. The zero-order chi connectivity index (χ0) is 14.9. The number of nitrogens with two attached hydrogens (primary N) is 1. The molecule has 1 aromatic carbocycles. The van der Waals surface area contributed by atoms with Crippen molar-refractivity contribution in [1.82, 2.24) is 9.97 Å². The summed E-state index contributed by atoms with van der Waals surface area (Å²) >= 11 is 3.54. The number of nitrogen functional groups attached to an aromatic ring is 1. The molecule has 1 aromatic heterocycles. The van der Waals surface area contributed by atoms with Crippen LogP contribution in [0.2, 0.25) is 0 Å². The van der Waals surface area contributed by atoms with Crippen LogP contribution in [0, 0.1) is 6.92 Å². The highest BCUT2D eigenvalue weighted by atomic mass is 79.9. The van der Waals surface area contributed by atoms with Gasteiger partial charge in [-0.3, -0.25) is 0 Å². The molecular weight excluding hydrogens is 316 g/mol. The smallest absolute Gasteiger partial charge is 0.161 e. The topological polar surface area (TPSA) is 63.8 Å². The van der Waals surface area contributed by atoms with Gasteiger partial charge in [0.25, 0.3) is 0 Å². The van der Waals surface area contributed by atoms with Gasteiger partial charge in [-0.15, -0.1) is 0 Å². The van der Waals surface area contributed by atoms with Crippen molar-refractivity contribution >= 4 is 21.7 Å². The van der Waals surface area contributed by atoms with Gasteiger partial charge < -0.3 is 5.43 Å². The van der Waals surface area contributed by atoms with Gasteiger partial charge in [0, 0.05) is 21.5 Å². The third-order valence-electron chi connectivity index (χ3n) is 3.07. The lowest BCUT2D eigenvalue weighted by atomic mass is 9.92. The normalized spacial score (nSPS) is 11.5. The fourth-order valence-electron chi connectivity index (χ4n) is 1.77. The Bertz CT molecular complexity index is 632. The van der Waals surface area contributed by atoms with Crippen molar-refractivity contribution in [3.63, 3.8) is 0 Å². The van der Waals surface area contributed by atoms with E-state index in [0.29, 0.717) is 11.6 Å². The van der Waals surface area contributed by atoms with Crippen LogP contribution in [0.3, 0.4) is 0 Å². The molecule has 1 heterocycles. The monoisotopic (exact) mass is 334 g/mol. The lowest BCUT2D eigenvalue weighted by Crippen LogP contribution is -2.17. The van der Waals surface area contributed by atoms with Gasteiger partial charge in [-0.05, 0) is 18.6 Å². The standard InChI is InChI=1S/C15H19BrN4/c1-9-5-6-10(7-11(9)16)14-18-12(15(2,3)4)8-13(19-14)20-17/h5-8H,17H2,1-4H3,(H,18,19,20). The van der Waals surface area contributed by atoms with Crippen LogP contribution in [0.1, 0.15) is 32.0 Å². The van der Waals surface area contributed by atoms with E-state index >= 15 is 0 Å². The van der Waals surface area contributed by atoms with Crippen molar-refractivity contribution in [3.05, 3.63) is 40.0 Å². The van der Waals surface area contributed by atoms with Crippen LogP contribution in [0.25, 0.3) is 11.4 Å². The van der Waals surface area contributed by atoms with Gasteiger partial charge >= 0.3 is 0 Å². The van der Waals surface area contributed by atoms with Crippen molar-refractivity contribution < 1.29 is 0 Å². The van der Waals surface area contributed by atoms with E-state index in [0.717, 1.165) is 15.7 Å². The highest BCUT2D eigenvalue weighted by Crippen LogP contribution is 2.27. The first kappa shape index (κ1) is 14.9. The van der Waals surface area contributed by atoms with E-state index in [9.17, 15) is 0 Å². The molecule has 0 saturated heterocycles. The Kier molecular flexibility index (Phi) is 4.11. The number of nitrogens with one attached hydrogen (secondary N) is 1. The van der Waals surface area contributed by atoms with Gasteiger partial charge in [0.05, 0.1) is 5.69 Å². The van der Waals surface area contributed by atoms with Gasteiger partial charge in [-0.2, -0.15) is 0 Å². The molecule has 0 aliphatic rings. The second-order valence-electron chi connectivity index (χ2n) is 5.82. The first-order valence-corrected chi connectivity index (χ1v) is 7.23. The number of hydrazine groups is 1. The van der Waals surface area contributed by atoms with Crippen LogP contribution in [0.5, 0.6) is 0 Å². The second kappa shape index (κ2) is 5.50. The molecular formula is C15H19BrN4. The molecule has 2 aromatic rings. The lowest BCUT2D eigenvalue weighted by Gasteiger charge is -2.19. The summed E-state index contributed by atoms with van der Waals surface area (Å²) in [4.78, 5) is 9.10. The van der Waals surface area contributed by atoms with E-state index < -0.39 is 0 Å². The van der Waals surface area contributed by atoms with Gasteiger partial charge in [-0.25, -0.2) is 15.8 Å². The van der Waals surface area contributed by atoms with Crippen LogP contribution in [-0.2, 0) is 5.41 Å². The third kappa shape index (κ3) is 3.16. The molecule has 3 N–H and O–H groups in total. The summed E-state index contributed by atoms with van der Waals surface area (Å²) in [6.45, 7) is 8.40. The lowest BCUT2D eigenvalue weighted by molar-refractivity contribution is 0.568. The number of halogens is 1. The molecule has 0 radical (unpaired) electrons. The van der Waals surface area contributed by atoms with Gasteiger partial charge in [0.15, 0.2) is 5.82 Å². The summed E-state index contributed by atoms with van der Waals surface area (Å²) in [6, 6.07) is 7.97. The highest BCUT2D eigenvalue weighted by Gasteiger charge is 2.18. The number of aryl methyl sites for hydroxylation is 1. The maximum Gasteiger partial charge on any atom is 0.161 e. The first-order chi connectivity index (χ1) is 9.31. The average molecular weight is 335 g/mol. The molecule has 0 amide bonds. The molecule has 0 bridgehead atoms. The Morgan fingerprint density at radius 3 is 2.40 bits per heavy atom. The van der Waals surface area contributed by atoms with E-state index in [2.05, 4.69) is 52.1 Å². The zero-order valence-electron chi connectivity index (χ0n) is 12.2. The molecule has 106 valence electrons. The van der Waals surface area contributed by atoms with Gasteiger partial charge in [-0.1, -0.05) is 48.8 Å². The zero-order valence-corrected chi connectivity index (χ0v) is 13.7. The van der Waals surface area contributed by atoms with E-state index in [-0.39, 0.29) is 5.41 Å². The summed E-state index contributed by atoms with van der Waals surface area (Å²) in [6.07, 6.45) is 0. The minimum Gasteiger partial charge on any atom is -0.308 e. The number of rotatable bonds is 2. The fraction of sp³-hybridized carbons (Fsp3) is 0.333. The van der Waals surface area contributed by atoms with Crippen LogP contribution in [0.15, 0.2) is 28.7 Å². The summed E-state index contributed by atoms with van der Waals surface area (Å²) in [7, 11) is 0. The minimum absolute atomic E-state index is 0.0643. The number of anilines is 1. The van der Waals surface area contributed by atoms with Crippen LogP contribution in [0.4, 0.5) is 5.82 Å². The molecule has 4 nitrogen and oxygen atoms in total. The molecule has 0 spiro atoms. The number of nitrogens with zero attached hydrogens (tertiary/aromatic N) is 2. The predicted molar refractivity (Wildman–Crippen MR) is 86.4 cm³/mol. The van der Waals surface area contributed by atoms with Crippen molar-refractivity contribution in [2.24, 2.45) is 5.84 Å².